The summed E-state index contributed by atoms with van der Waals surface area (Å²) in [5.41, 5.74) is 8.34. The number of aromatic nitrogens is 4. The number of carbonyl (C=O) groups is 1. The van der Waals surface area contributed by atoms with Crippen LogP contribution in [0.1, 0.15) is 16.2 Å². The van der Waals surface area contributed by atoms with Crippen molar-refractivity contribution in [2.75, 3.05) is 11.1 Å². The van der Waals surface area contributed by atoms with Gasteiger partial charge in [-0.15, -0.1) is 0 Å². The third-order valence-electron chi connectivity index (χ3n) is 2.93. The average Bonchev–Trinajstić information content (AvgIpc) is 3.09. The summed E-state index contributed by atoms with van der Waals surface area (Å²) in [6, 6.07) is 10.6. The van der Waals surface area contributed by atoms with Crippen LogP contribution in [-0.2, 0) is 0 Å². The standard InChI is InChI=1S/C14H14N6O/c1-9-8-13(18-17-9)16-14(21)12-6-7-20(19-12)11-4-2-10(15)3-5-11/h2-8H,15H2,1H3,(H2,16,17,18,21). The number of nitrogens with two attached hydrogens (primary N) is 1. The Morgan fingerprint density at radius 3 is 2.71 bits per heavy atom. The Balaban J connectivity index is 1.78. The van der Waals surface area contributed by atoms with Crippen LogP contribution in [0.5, 0.6) is 0 Å². The van der Waals surface area contributed by atoms with E-state index < -0.39 is 0 Å². The van der Waals surface area contributed by atoms with E-state index in [1.54, 1.807) is 35.1 Å². The number of carbonyl (C=O) groups excluding carboxylic acids is 1. The molecule has 2 heterocycles. The van der Waals surface area contributed by atoms with E-state index in [-0.39, 0.29) is 5.91 Å². The zero-order valence-electron chi connectivity index (χ0n) is 11.4. The van der Waals surface area contributed by atoms with Crippen molar-refractivity contribution in [1.29, 1.82) is 0 Å². The molecule has 21 heavy (non-hydrogen) atoms. The second-order valence-electron chi connectivity index (χ2n) is 4.63. The fourth-order valence-corrected chi connectivity index (χ4v) is 1.88. The number of nitrogens with one attached hydrogen (secondary N) is 2. The first-order valence-corrected chi connectivity index (χ1v) is 6.37. The number of benzene rings is 1. The molecular weight excluding hydrogens is 268 g/mol. The van der Waals surface area contributed by atoms with Gasteiger partial charge in [0.2, 0.25) is 0 Å². The molecule has 0 aliphatic carbocycles. The van der Waals surface area contributed by atoms with Gasteiger partial charge >= 0.3 is 0 Å². The molecule has 3 aromatic rings. The number of nitrogen functional groups attached to an aromatic ring is 1. The lowest BCUT2D eigenvalue weighted by Crippen LogP contribution is -2.13. The molecular formula is C14H14N6O. The highest BCUT2D eigenvalue weighted by atomic mass is 16.2. The van der Waals surface area contributed by atoms with E-state index in [4.69, 9.17) is 5.73 Å². The van der Waals surface area contributed by atoms with Gasteiger partial charge < -0.3 is 11.1 Å². The van der Waals surface area contributed by atoms with Crippen molar-refractivity contribution in [3.63, 3.8) is 0 Å². The van der Waals surface area contributed by atoms with Crippen LogP contribution in [0.4, 0.5) is 11.5 Å². The Hall–Kier alpha value is -3.09. The van der Waals surface area contributed by atoms with Gasteiger partial charge in [0.25, 0.3) is 5.91 Å². The van der Waals surface area contributed by atoms with Gasteiger partial charge in [0, 0.05) is 23.6 Å². The number of hydrogen-bond acceptors (Lipinski definition) is 4. The van der Waals surface area contributed by atoms with E-state index in [0.29, 0.717) is 17.2 Å². The van der Waals surface area contributed by atoms with E-state index in [1.165, 1.54) is 0 Å². The summed E-state index contributed by atoms with van der Waals surface area (Å²) in [5, 5.41) is 13.6. The van der Waals surface area contributed by atoms with Crippen LogP contribution in [0, 0.1) is 6.92 Å². The van der Waals surface area contributed by atoms with Crippen molar-refractivity contribution in [1.82, 2.24) is 20.0 Å². The van der Waals surface area contributed by atoms with Crippen molar-refractivity contribution in [2.45, 2.75) is 6.92 Å². The quantitative estimate of drug-likeness (QED) is 0.637. The highest BCUT2D eigenvalue weighted by molar-refractivity contribution is 6.02. The van der Waals surface area contributed by atoms with Gasteiger partial charge in [-0.2, -0.15) is 10.2 Å². The van der Waals surface area contributed by atoms with Crippen LogP contribution in [0.15, 0.2) is 42.6 Å². The number of anilines is 2. The number of hydrogen-bond donors (Lipinski definition) is 3. The molecule has 0 bridgehead atoms. The third kappa shape index (κ3) is 2.76. The third-order valence-corrected chi connectivity index (χ3v) is 2.93. The second-order valence-corrected chi connectivity index (χ2v) is 4.63. The molecule has 1 amide bonds. The summed E-state index contributed by atoms with van der Waals surface area (Å²) in [4.78, 5) is 12.1. The highest BCUT2D eigenvalue weighted by Gasteiger charge is 2.11. The smallest absolute Gasteiger partial charge is 0.277 e. The molecule has 0 aliphatic rings. The zero-order valence-corrected chi connectivity index (χ0v) is 11.4. The molecule has 0 fully saturated rings. The Bertz CT molecular complexity index is 771. The first-order valence-electron chi connectivity index (χ1n) is 6.37. The first kappa shape index (κ1) is 12.9. The summed E-state index contributed by atoms with van der Waals surface area (Å²) in [7, 11) is 0. The van der Waals surface area contributed by atoms with Crippen molar-refractivity contribution in [3.05, 3.63) is 54.0 Å². The Morgan fingerprint density at radius 2 is 2.05 bits per heavy atom. The average molecular weight is 282 g/mol. The molecule has 7 heteroatoms. The largest absolute Gasteiger partial charge is 0.399 e. The summed E-state index contributed by atoms with van der Waals surface area (Å²) >= 11 is 0. The lowest BCUT2D eigenvalue weighted by atomic mass is 10.3. The molecule has 4 N–H and O–H groups in total. The number of nitrogens with zero attached hydrogens (tertiary/aromatic N) is 3. The van der Waals surface area contributed by atoms with Crippen LogP contribution in [0.3, 0.4) is 0 Å². The van der Waals surface area contributed by atoms with Crippen LogP contribution < -0.4 is 11.1 Å². The molecule has 0 saturated carbocycles. The number of aryl methyl sites for hydroxylation is 1. The number of aromatic amines is 1. The van der Waals surface area contributed by atoms with Gasteiger partial charge in [-0.1, -0.05) is 0 Å². The Morgan fingerprint density at radius 1 is 1.29 bits per heavy atom. The van der Waals surface area contributed by atoms with E-state index in [9.17, 15) is 4.79 Å². The summed E-state index contributed by atoms with van der Waals surface area (Å²) in [5.74, 6) is 0.162. The lowest BCUT2D eigenvalue weighted by Gasteiger charge is -2.01. The van der Waals surface area contributed by atoms with E-state index in [1.807, 2.05) is 19.1 Å². The molecule has 0 spiro atoms. The van der Waals surface area contributed by atoms with Crippen LogP contribution in [-0.4, -0.2) is 25.9 Å². The summed E-state index contributed by atoms with van der Waals surface area (Å²) < 4.78 is 1.62. The minimum Gasteiger partial charge on any atom is -0.399 e. The van der Waals surface area contributed by atoms with Crippen molar-refractivity contribution >= 4 is 17.4 Å². The fourth-order valence-electron chi connectivity index (χ4n) is 1.88. The Labute approximate surface area is 120 Å². The maximum absolute atomic E-state index is 12.1. The molecule has 0 unspecified atom stereocenters. The maximum Gasteiger partial charge on any atom is 0.277 e. The maximum atomic E-state index is 12.1. The minimum absolute atomic E-state index is 0.310. The molecule has 0 saturated heterocycles. The molecule has 0 atom stereocenters. The van der Waals surface area contributed by atoms with Gasteiger partial charge in [0.15, 0.2) is 11.5 Å². The topological polar surface area (TPSA) is 102 Å². The molecule has 0 aliphatic heterocycles. The molecule has 7 nitrogen and oxygen atoms in total. The fraction of sp³-hybridized carbons (Fsp3) is 0.0714. The van der Waals surface area contributed by atoms with E-state index in [2.05, 4.69) is 20.6 Å². The SMILES string of the molecule is Cc1cc(NC(=O)c2ccn(-c3ccc(N)cc3)n2)n[nH]1. The lowest BCUT2D eigenvalue weighted by molar-refractivity contribution is 0.102. The van der Waals surface area contributed by atoms with Gasteiger partial charge in [0.05, 0.1) is 5.69 Å². The predicted octanol–water partition coefficient (Wildman–Crippen LogP) is 1.74. The van der Waals surface area contributed by atoms with E-state index in [0.717, 1.165) is 11.4 Å². The van der Waals surface area contributed by atoms with Gasteiger partial charge in [-0.25, -0.2) is 4.68 Å². The van der Waals surface area contributed by atoms with Crippen molar-refractivity contribution in [2.24, 2.45) is 0 Å². The summed E-state index contributed by atoms with van der Waals surface area (Å²) in [6.45, 7) is 1.86. The number of rotatable bonds is 3. The van der Waals surface area contributed by atoms with Crippen LogP contribution in [0.25, 0.3) is 5.69 Å². The van der Waals surface area contributed by atoms with Crippen LogP contribution in [0.2, 0.25) is 0 Å². The van der Waals surface area contributed by atoms with Gasteiger partial charge in [0.1, 0.15) is 0 Å². The highest BCUT2D eigenvalue weighted by Crippen LogP contribution is 2.11. The summed E-state index contributed by atoms with van der Waals surface area (Å²) in [6.07, 6.45) is 1.72. The first-order chi connectivity index (χ1) is 10.1. The zero-order chi connectivity index (χ0) is 14.8. The Kier molecular flexibility index (Phi) is 3.15. The second kappa shape index (κ2) is 5.12. The number of H-pyrrole nitrogens is 1. The molecule has 1 aromatic carbocycles. The molecule has 2 aromatic heterocycles. The van der Waals surface area contributed by atoms with Crippen molar-refractivity contribution in [3.8, 4) is 5.69 Å². The molecule has 106 valence electrons. The van der Waals surface area contributed by atoms with Crippen molar-refractivity contribution < 1.29 is 4.79 Å². The monoisotopic (exact) mass is 282 g/mol. The van der Waals surface area contributed by atoms with E-state index >= 15 is 0 Å². The predicted molar refractivity (Wildman–Crippen MR) is 79.3 cm³/mol. The van der Waals surface area contributed by atoms with Gasteiger partial charge in [-0.3, -0.25) is 9.89 Å². The normalized spacial score (nSPS) is 10.5. The molecule has 0 radical (unpaired) electrons. The van der Waals surface area contributed by atoms with Gasteiger partial charge in [-0.05, 0) is 37.3 Å². The molecule has 3 rings (SSSR count). The number of amides is 1. The van der Waals surface area contributed by atoms with Crippen LogP contribution >= 0.6 is 0 Å². The minimum atomic E-state index is -0.310.